The van der Waals surface area contributed by atoms with Crippen molar-refractivity contribution in [3.05, 3.63) is 64.2 Å². The number of methoxy groups -OCH3 is 1. The van der Waals surface area contributed by atoms with Crippen molar-refractivity contribution in [2.24, 2.45) is 0 Å². The van der Waals surface area contributed by atoms with Crippen LogP contribution in [0.4, 0.5) is 0 Å². The molecule has 0 aromatic heterocycles. The van der Waals surface area contributed by atoms with E-state index in [1.807, 2.05) is 0 Å². The van der Waals surface area contributed by atoms with Crippen LogP contribution < -0.4 is 4.74 Å². The second-order valence-corrected chi connectivity index (χ2v) is 7.93. The minimum absolute atomic E-state index is 0.0325. The number of amides is 1. The fourth-order valence-corrected chi connectivity index (χ4v) is 4.31. The van der Waals surface area contributed by atoms with Crippen molar-refractivity contribution in [1.29, 1.82) is 0 Å². The highest BCUT2D eigenvalue weighted by atomic mass is 35.5. The molecule has 2 aliphatic rings. The van der Waals surface area contributed by atoms with Crippen LogP contribution in [0, 0.1) is 0 Å². The van der Waals surface area contributed by atoms with E-state index in [1.54, 1.807) is 24.3 Å². The van der Waals surface area contributed by atoms with Crippen LogP contribution >= 0.6 is 11.6 Å². The number of Topliss-reactive ketones (excluding diaryl/α,β-unsaturated/α-hetero) is 1. The van der Waals surface area contributed by atoms with Crippen LogP contribution in [0.25, 0.3) is 5.76 Å². The number of hydrogen-bond acceptors (Lipinski definition) is 6. The van der Waals surface area contributed by atoms with Crippen molar-refractivity contribution < 1.29 is 29.3 Å². The van der Waals surface area contributed by atoms with Gasteiger partial charge in [0.15, 0.2) is 0 Å². The van der Waals surface area contributed by atoms with Gasteiger partial charge in [-0.1, -0.05) is 23.7 Å². The molecule has 1 amide bonds. The first-order chi connectivity index (χ1) is 14.9. The summed E-state index contributed by atoms with van der Waals surface area (Å²) in [4.78, 5) is 27.4. The Hall–Kier alpha value is -3.03. The predicted molar refractivity (Wildman–Crippen MR) is 114 cm³/mol. The van der Waals surface area contributed by atoms with E-state index in [0.29, 0.717) is 23.5 Å². The van der Waals surface area contributed by atoms with Crippen LogP contribution in [0.2, 0.25) is 5.02 Å². The average Bonchev–Trinajstić information content (AvgIpc) is 3.36. The van der Waals surface area contributed by atoms with Gasteiger partial charge in [-0.2, -0.15) is 0 Å². The second-order valence-electron chi connectivity index (χ2n) is 7.53. The number of aliphatic hydroxyl groups is 1. The Balaban J connectivity index is 1.82. The summed E-state index contributed by atoms with van der Waals surface area (Å²) in [6, 6.07) is 10.0. The highest BCUT2D eigenvalue weighted by molar-refractivity contribution is 6.46. The van der Waals surface area contributed by atoms with Crippen LogP contribution in [0.1, 0.15) is 30.0 Å². The molecule has 2 unspecified atom stereocenters. The first-order valence-electron chi connectivity index (χ1n) is 9.93. The van der Waals surface area contributed by atoms with E-state index in [-0.39, 0.29) is 34.8 Å². The Morgan fingerprint density at radius 2 is 1.97 bits per heavy atom. The fourth-order valence-electron chi connectivity index (χ4n) is 4.05. The van der Waals surface area contributed by atoms with E-state index in [2.05, 4.69) is 0 Å². The van der Waals surface area contributed by atoms with Crippen molar-refractivity contribution in [3.63, 3.8) is 0 Å². The molecule has 2 heterocycles. The van der Waals surface area contributed by atoms with Crippen molar-refractivity contribution in [1.82, 2.24) is 4.90 Å². The molecular weight excluding hydrogens is 422 g/mol. The quantitative estimate of drug-likeness (QED) is 0.416. The molecule has 2 aromatic carbocycles. The molecule has 8 heteroatoms. The van der Waals surface area contributed by atoms with Gasteiger partial charge in [-0.3, -0.25) is 9.59 Å². The van der Waals surface area contributed by atoms with Gasteiger partial charge in [-0.15, -0.1) is 0 Å². The third-order valence-corrected chi connectivity index (χ3v) is 5.89. The number of likely N-dealkylation sites (tertiary alicyclic amines) is 1. The van der Waals surface area contributed by atoms with Gasteiger partial charge in [-0.25, -0.2) is 0 Å². The van der Waals surface area contributed by atoms with Crippen LogP contribution in [-0.2, 0) is 14.3 Å². The molecule has 2 aromatic rings. The zero-order valence-electron chi connectivity index (χ0n) is 16.9. The summed E-state index contributed by atoms with van der Waals surface area (Å²) in [5.74, 6) is -1.32. The molecule has 162 valence electrons. The number of benzene rings is 2. The number of phenols is 1. The Bertz CT molecular complexity index is 1040. The predicted octanol–water partition coefficient (Wildman–Crippen LogP) is 3.65. The van der Waals surface area contributed by atoms with Crippen molar-refractivity contribution in [2.75, 3.05) is 20.3 Å². The van der Waals surface area contributed by atoms with Gasteiger partial charge < -0.3 is 24.6 Å². The van der Waals surface area contributed by atoms with Crippen molar-refractivity contribution in [2.45, 2.75) is 25.0 Å². The van der Waals surface area contributed by atoms with Gasteiger partial charge >= 0.3 is 0 Å². The lowest BCUT2D eigenvalue weighted by Crippen LogP contribution is -2.36. The monoisotopic (exact) mass is 443 g/mol. The van der Waals surface area contributed by atoms with E-state index < -0.39 is 17.7 Å². The van der Waals surface area contributed by atoms with Gasteiger partial charge in [0.05, 0.1) is 29.9 Å². The topological polar surface area (TPSA) is 96.3 Å². The third-order valence-electron chi connectivity index (χ3n) is 5.60. The van der Waals surface area contributed by atoms with Crippen LogP contribution in [0.15, 0.2) is 48.0 Å². The number of nitrogens with zero attached hydrogens (tertiary/aromatic N) is 1. The normalized spacial score (nSPS) is 22.8. The van der Waals surface area contributed by atoms with E-state index in [9.17, 15) is 19.8 Å². The number of carbonyl (C=O) groups excluding carboxylic acids is 2. The molecule has 2 saturated heterocycles. The largest absolute Gasteiger partial charge is 0.508 e. The van der Waals surface area contributed by atoms with Crippen molar-refractivity contribution in [3.8, 4) is 11.5 Å². The molecule has 0 radical (unpaired) electrons. The Morgan fingerprint density at radius 1 is 1.23 bits per heavy atom. The number of ketones is 1. The summed E-state index contributed by atoms with van der Waals surface area (Å²) in [5, 5.41) is 21.0. The molecule has 2 atom stereocenters. The molecular formula is C23H22ClNO6. The number of ether oxygens (including phenoxy) is 2. The molecule has 31 heavy (non-hydrogen) atoms. The van der Waals surface area contributed by atoms with Crippen molar-refractivity contribution >= 4 is 29.1 Å². The van der Waals surface area contributed by atoms with E-state index >= 15 is 0 Å². The molecule has 0 saturated carbocycles. The Morgan fingerprint density at radius 3 is 2.58 bits per heavy atom. The zero-order chi connectivity index (χ0) is 22.1. The maximum atomic E-state index is 13.0. The Kier molecular flexibility index (Phi) is 5.89. The van der Waals surface area contributed by atoms with Gasteiger partial charge in [0.1, 0.15) is 17.3 Å². The fraction of sp³-hybridized carbons (Fsp3) is 0.304. The minimum atomic E-state index is -0.814. The molecule has 2 aliphatic heterocycles. The van der Waals surface area contributed by atoms with Gasteiger partial charge in [-0.05, 0) is 48.7 Å². The number of halogens is 1. The first-order valence-corrected chi connectivity index (χ1v) is 10.3. The first kappa shape index (κ1) is 21.2. The Labute approximate surface area is 184 Å². The lowest BCUT2D eigenvalue weighted by Gasteiger charge is -2.27. The summed E-state index contributed by atoms with van der Waals surface area (Å²) in [5.41, 5.74) is 0.857. The summed E-state index contributed by atoms with van der Waals surface area (Å²) in [6.07, 6.45) is 1.51. The second kappa shape index (κ2) is 8.61. The molecule has 7 nitrogen and oxygen atoms in total. The van der Waals surface area contributed by atoms with Gasteiger partial charge in [0, 0.05) is 18.7 Å². The van der Waals surface area contributed by atoms with Crippen LogP contribution in [0.5, 0.6) is 11.5 Å². The molecule has 2 N–H and O–H groups in total. The number of hydrogen-bond donors (Lipinski definition) is 2. The number of phenolic OH excluding ortho intramolecular Hbond substituents is 1. The minimum Gasteiger partial charge on any atom is -0.508 e. The lowest BCUT2D eigenvalue weighted by atomic mass is 9.95. The van der Waals surface area contributed by atoms with E-state index in [0.717, 1.165) is 12.8 Å². The van der Waals surface area contributed by atoms with Crippen LogP contribution in [-0.4, -0.2) is 53.2 Å². The highest BCUT2D eigenvalue weighted by Crippen LogP contribution is 2.41. The summed E-state index contributed by atoms with van der Waals surface area (Å²) in [6.45, 7) is 0.846. The number of aliphatic hydroxyl groups excluding tert-OH is 1. The molecule has 0 bridgehead atoms. The molecule has 0 spiro atoms. The number of aromatic hydroxyl groups is 1. The van der Waals surface area contributed by atoms with E-state index in [1.165, 1.54) is 30.2 Å². The maximum absolute atomic E-state index is 13.0. The van der Waals surface area contributed by atoms with E-state index in [4.69, 9.17) is 21.1 Å². The third kappa shape index (κ3) is 3.98. The maximum Gasteiger partial charge on any atom is 0.295 e. The summed E-state index contributed by atoms with van der Waals surface area (Å²) >= 11 is 6.19. The number of carbonyl (C=O) groups is 2. The molecule has 2 fully saturated rings. The molecule has 4 rings (SSSR count). The highest BCUT2D eigenvalue weighted by Gasteiger charge is 2.47. The SMILES string of the molecule is COc1ccc(/C(O)=C2/C(=O)C(=O)N(CC3CCCO3)C2c2ccc(O)cc2)cc1Cl. The summed E-state index contributed by atoms with van der Waals surface area (Å²) < 4.78 is 10.8. The zero-order valence-corrected chi connectivity index (χ0v) is 17.6. The summed E-state index contributed by atoms with van der Waals surface area (Å²) in [7, 11) is 1.47. The smallest absolute Gasteiger partial charge is 0.295 e. The number of rotatable bonds is 5. The van der Waals surface area contributed by atoms with Crippen LogP contribution in [0.3, 0.4) is 0 Å². The van der Waals surface area contributed by atoms with Gasteiger partial charge in [0.2, 0.25) is 0 Å². The lowest BCUT2D eigenvalue weighted by molar-refractivity contribution is -0.140. The standard InChI is InChI=1S/C23H22ClNO6/c1-30-18-9-6-14(11-17(18)24)21(27)19-20(13-4-7-15(26)8-5-13)25(23(29)22(19)28)12-16-3-2-10-31-16/h4-9,11,16,20,26-27H,2-3,10,12H2,1H3/b21-19-. The van der Waals surface area contributed by atoms with Gasteiger partial charge in [0.25, 0.3) is 11.7 Å². The molecule has 0 aliphatic carbocycles. The average molecular weight is 444 g/mol.